The van der Waals surface area contributed by atoms with Crippen molar-refractivity contribution in [3.05, 3.63) is 70.9 Å². The Labute approximate surface area is 161 Å². The van der Waals surface area contributed by atoms with Gasteiger partial charge in [-0.3, -0.25) is 14.6 Å². The molecule has 2 rings (SSSR count). The molecule has 2 N–H and O–H groups in total. The lowest BCUT2D eigenvalue weighted by Gasteiger charge is -2.10. The summed E-state index contributed by atoms with van der Waals surface area (Å²) in [4.78, 5) is 27.8. The Hall–Kier alpha value is -2.93. The number of nitrogens with one attached hydrogen (secondary N) is 2. The molecule has 0 aliphatic rings. The minimum Gasteiger partial charge on any atom is -0.484 e. The Morgan fingerprint density at radius 2 is 2.07 bits per heavy atom. The maximum atomic E-state index is 13.3. The number of halogens is 2. The molecule has 0 radical (unpaired) electrons. The van der Waals surface area contributed by atoms with E-state index in [1.54, 1.807) is 18.3 Å². The van der Waals surface area contributed by atoms with E-state index in [0.717, 1.165) is 11.6 Å². The molecule has 27 heavy (non-hydrogen) atoms. The molecule has 0 aliphatic heterocycles. The van der Waals surface area contributed by atoms with Gasteiger partial charge in [0.15, 0.2) is 6.61 Å². The fourth-order valence-electron chi connectivity index (χ4n) is 2.07. The van der Waals surface area contributed by atoms with Crippen molar-refractivity contribution >= 4 is 23.4 Å². The first-order valence-electron chi connectivity index (χ1n) is 8.11. The Kier molecular flexibility index (Phi) is 7.31. The van der Waals surface area contributed by atoms with Gasteiger partial charge in [0, 0.05) is 30.9 Å². The SMILES string of the molecule is C=C(CCNC(=O)COc1ccc(Cl)c(F)c1)NC(=O)c1cc(C)ccn1. The molecule has 0 saturated carbocycles. The van der Waals surface area contributed by atoms with Gasteiger partial charge in [-0.1, -0.05) is 18.2 Å². The second kappa shape index (κ2) is 9.68. The molecule has 1 aromatic heterocycles. The van der Waals surface area contributed by atoms with Crippen LogP contribution in [0.2, 0.25) is 5.02 Å². The van der Waals surface area contributed by atoms with Crippen LogP contribution >= 0.6 is 11.6 Å². The zero-order chi connectivity index (χ0) is 19.8. The third-order valence-electron chi connectivity index (χ3n) is 3.45. The standard InChI is InChI=1S/C19H19ClFN3O3/c1-12-5-7-22-17(9-12)19(26)24-13(2)6-8-23-18(25)11-27-14-3-4-15(20)16(21)10-14/h3-5,7,9-10H,2,6,8,11H2,1H3,(H,23,25)(H,24,26). The number of ether oxygens (including phenoxy) is 1. The highest BCUT2D eigenvalue weighted by Gasteiger charge is 2.09. The van der Waals surface area contributed by atoms with Crippen molar-refractivity contribution in [1.29, 1.82) is 0 Å². The normalized spacial score (nSPS) is 10.2. The van der Waals surface area contributed by atoms with Crippen LogP contribution in [0, 0.1) is 12.7 Å². The molecule has 0 aliphatic carbocycles. The number of aromatic nitrogens is 1. The van der Waals surface area contributed by atoms with E-state index in [-0.39, 0.29) is 35.7 Å². The van der Waals surface area contributed by atoms with Gasteiger partial charge < -0.3 is 15.4 Å². The number of benzene rings is 1. The largest absolute Gasteiger partial charge is 0.484 e. The number of hydrogen-bond acceptors (Lipinski definition) is 4. The smallest absolute Gasteiger partial charge is 0.273 e. The van der Waals surface area contributed by atoms with E-state index in [4.69, 9.17) is 16.3 Å². The van der Waals surface area contributed by atoms with Crippen LogP contribution in [-0.4, -0.2) is 29.9 Å². The van der Waals surface area contributed by atoms with Crippen LogP contribution in [0.15, 0.2) is 48.8 Å². The summed E-state index contributed by atoms with van der Waals surface area (Å²) in [6, 6.07) is 7.38. The van der Waals surface area contributed by atoms with E-state index in [1.165, 1.54) is 12.1 Å². The fraction of sp³-hybridized carbons (Fsp3) is 0.211. The summed E-state index contributed by atoms with van der Waals surface area (Å²) in [5, 5.41) is 5.23. The van der Waals surface area contributed by atoms with Crippen molar-refractivity contribution in [2.24, 2.45) is 0 Å². The average molecular weight is 392 g/mol. The van der Waals surface area contributed by atoms with Crippen molar-refractivity contribution in [3.63, 3.8) is 0 Å². The number of hydrogen-bond donors (Lipinski definition) is 2. The summed E-state index contributed by atoms with van der Waals surface area (Å²) < 4.78 is 18.5. The molecule has 8 heteroatoms. The third kappa shape index (κ3) is 6.71. The first-order valence-corrected chi connectivity index (χ1v) is 8.49. The monoisotopic (exact) mass is 391 g/mol. The number of carbonyl (C=O) groups excluding carboxylic acids is 2. The topological polar surface area (TPSA) is 80.3 Å². The van der Waals surface area contributed by atoms with Crippen LogP contribution < -0.4 is 15.4 Å². The fourth-order valence-corrected chi connectivity index (χ4v) is 2.18. The third-order valence-corrected chi connectivity index (χ3v) is 3.75. The van der Waals surface area contributed by atoms with Crippen molar-refractivity contribution in [2.75, 3.05) is 13.2 Å². The summed E-state index contributed by atoms with van der Waals surface area (Å²) in [7, 11) is 0. The van der Waals surface area contributed by atoms with Gasteiger partial charge in [0.2, 0.25) is 0 Å². The van der Waals surface area contributed by atoms with Crippen molar-refractivity contribution in [2.45, 2.75) is 13.3 Å². The highest BCUT2D eigenvalue weighted by Crippen LogP contribution is 2.20. The molecule has 6 nitrogen and oxygen atoms in total. The molecule has 1 heterocycles. The van der Waals surface area contributed by atoms with E-state index in [9.17, 15) is 14.0 Å². The lowest BCUT2D eigenvalue weighted by atomic mass is 10.2. The van der Waals surface area contributed by atoms with Gasteiger partial charge >= 0.3 is 0 Å². The quantitative estimate of drug-likeness (QED) is 0.724. The minimum absolute atomic E-state index is 0.0202. The number of nitrogens with zero attached hydrogens (tertiary/aromatic N) is 1. The van der Waals surface area contributed by atoms with Crippen molar-refractivity contribution in [1.82, 2.24) is 15.6 Å². The van der Waals surface area contributed by atoms with Gasteiger partial charge in [-0.2, -0.15) is 0 Å². The van der Waals surface area contributed by atoms with E-state index < -0.39 is 5.82 Å². The number of aryl methyl sites for hydroxylation is 1. The van der Waals surface area contributed by atoms with Crippen LogP contribution in [0.5, 0.6) is 5.75 Å². The zero-order valence-electron chi connectivity index (χ0n) is 14.7. The van der Waals surface area contributed by atoms with E-state index in [0.29, 0.717) is 17.8 Å². The molecule has 0 unspecified atom stereocenters. The molecule has 1 aromatic carbocycles. The van der Waals surface area contributed by atoms with Crippen molar-refractivity contribution in [3.8, 4) is 5.75 Å². The van der Waals surface area contributed by atoms with Gasteiger partial charge in [0.05, 0.1) is 5.02 Å². The van der Waals surface area contributed by atoms with Crippen LogP contribution in [0.25, 0.3) is 0 Å². The molecule has 142 valence electrons. The number of carbonyl (C=O) groups is 2. The molecular weight excluding hydrogens is 373 g/mol. The summed E-state index contributed by atoms with van der Waals surface area (Å²) >= 11 is 5.57. The first-order chi connectivity index (χ1) is 12.8. The highest BCUT2D eigenvalue weighted by atomic mass is 35.5. The van der Waals surface area contributed by atoms with E-state index in [2.05, 4.69) is 22.2 Å². The predicted octanol–water partition coefficient (Wildman–Crippen LogP) is 3.01. The van der Waals surface area contributed by atoms with Crippen LogP contribution in [0.3, 0.4) is 0 Å². The molecule has 0 fully saturated rings. The summed E-state index contributed by atoms with van der Waals surface area (Å²) in [5.74, 6) is -1.16. The zero-order valence-corrected chi connectivity index (χ0v) is 15.5. The molecular formula is C19H19ClFN3O3. The molecule has 0 atom stereocenters. The Balaban J connectivity index is 1.68. The number of pyridine rings is 1. The van der Waals surface area contributed by atoms with Gasteiger partial charge in [-0.05, 0) is 36.8 Å². The van der Waals surface area contributed by atoms with Gasteiger partial charge in [0.25, 0.3) is 11.8 Å². The molecule has 2 amide bonds. The summed E-state index contributed by atoms with van der Waals surface area (Å²) in [6.07, 6.45) is 1.90. The molecule has 0 spiro atoms. The summed E-state index contributed by atoms with van der Waals surface area (Å²) in [6.45, 7) is 5.61. The van der Waals surface area contributed by atoms with Crippen LogP contribution in [-0.2, 0) is 4.79 Å². The minimum atomic E-state index is -0.621. The van der Waals surface area contributed by atoms with E-state index >= 15 is 0 Å². The Morgan fingerprint density at radius 1 is 1.30 bits per heavy atom. The lowest BCUT2D eigenvalue weighted by Crippen LogP contribution is -2.31. The lowest BCUT2D eigenvalue weighted by molar-refractivity contribution is -0.123. The van der Waals surface area contributed by atoms with Crippen molar-refractivity contribution < 1.29 is 18.7 Å². The highest BCUT2D eigenvalue weighted by molar-refractivity contribution is 6.30. The molecule has 0 saturated heterocycles. The van der Waals surface area contributed by atoms with Crippen LogP contribution in [0.4, 0.5) is 4.39 Å². The Bertz CT molecular complexity index is 858. The van der Waals surface area contributed by atoms with Gasteiger partial charge in [-0.25, -0.2) is 4.39 Å². The maximum Gasteiger partial charge on any atom is 0.273 e. The van der Waals surface area contributed by atoms with Crippen LogP contribution in [0.1, 0.15) is 22.5 Å². The first kappa shape index (κ1) is 20.4. The Morgan fingerprint density at radius 3 is 2.78 bits per heavy atom. The van der Waals surface area contributed by atoms with E-state index in [1.807, 2.05) is 6.92 Å². The predicted molar refractivity (Wildman–Crippen MR) is 100 cm³/mol. The summed E-state index contributed by atoms with van der Waals surface area (Å²) in [5.41, 5.74) is 1.67. The van der Waals surface area contributed by atoms with Gasteiger partial charge in [-0.15, -0.1) is 0 Å². The number of rotatable bonds is 8. The second-order valence-corrected chi connectivity index (χ2v) is 6.15. The molecule has 0 bridgehead atoms. The second-order valence-electron chi connectivity index (χ2n) is 5.74. The molecule has 2 aromatic rings. The maximum absolute atomic E-state index is 13.3. The average Bonchev–Trinajstić information content (AvgIpc) is 2.62. The van der Waals surface area contributed by atoms with Gasteiger partial charge in [0.1, 0.15) is 17.3 Å². The number of amides is 2.